The summed E-state index contributed by atoms with van der Waals surface area (Å²) in [6, 6.07) is 15.5. The van der Waals surface area contributed by atoms with Gasteiger partial charge >= 0.3 is 0 Å². The highest BCUT2D eigenvalue weighted by Gasteiger charge is 2.15. The van der Waals surface area contributed by atoms with Gasteiger partial charge in [0.05, 0.1) is 54.0 Å². The number of pyridine rings is 1. The first-order chi connectivity index (χ1) is 23.9. The third-order valence-electron chi connectivity index (χ3n) is 8.67. The van der Waals surface area contributed by atoms with Crippen LogP contribution in [0.25, 0.3) is 23.2 Å². The Morgan fingerprint density at radius 2 is 1.80 bits per heavy atom. The van der Waals surface area contributed by atoms with Crippen LogP contribution in [0.3, 0.4) is 0 Å². The average Bonchev–Trinajstić information content (AvgIpc) is 3.61. The predicted molar refractivity (Wildman–Crippen MR) is 188 cm³/mol. The summed E-state index contributed by atoms with van der Waals surface area (Å²) in [4.78, 5) is 20.8. The lowest BCUT2D eigenvalue weighted by atomic mass is 10.1. The second-order valence-corrected chi connectivity index (χ2v) is 12.1. The lowest BCUT2D eigenvalue weighted by molar-refractivity contribution is -0.285. The number of ether oxygens (including phenoxy) is 1. The van der Waals surface area contributed by atoms with Crippen molar-refractivity contribution in [3.8, 4) is 11.8 Å². The molecule has 6 rings (SSSR count). The summed E-state index contributed by atoms with van der Waals surface area (Å²) in [5.41, 5.74) is 5.06. The summed E-state index contributed by atoms with van der Waals surface area (Å²) in [5.74, 6) is 0.575. The molecule has 49 heavy (non-hydrogen) atoms. The first-order valence-electron chi connectivity index (χ1n) is 16.7. The van der Waals surface area contributed by atoms with Crippen LogP contribution >= 0.6 is 0 Å². The van der Waals surface area contributed by atoms with Crippen LogP contribution in [-0.4, -0.2) is 79.7 Å². The number of aromatic hydroxyl groups is 1. The first kappa shape index (κ1) is 33.8. The van der Waals surface area contributed by atoms with Gasteiger partial charge in [-0.3, -0.25) is 14.9 Å². The lowest BCUT2D eigenvalue weighted by Crippen LogP contribution is -2.37. The van der Waals surface area contributed by atoms with Gasteiger partial charge < -0.3 is 29.4 Å². The number of nitrogens with one attached hydrogen (secondary N) is 1. The highest BCUT2D eigenvalue weighted by atomic mass is 19.1. The van der Waals surface area contributed by atoms with Gasteiger partial charge in [-0.05, 0) is 86.8 Å². The molecule has 0 aliphatic carbocycles. The molecule has 1 aliphatic heterocycles. The van der Waals surface area contributed by atoms with Crippen LogP contribution in [0.5, 0.6) is 11.8 Å². The van der Waals surface area contributed by atoms with E-state index in [2.05, 4.69) is 35.8 Å². The maximum Gasteiger partial charge on any atom is 0.204 e. The van der Waals surface area contributed by atoms with Gasteiger partial charge in [0, 0.05) is 38.1 Å². The molecule has 1 aliphatic rings. The second kappa shape index (κ2) is 15.9. The van der Waals surface area contributed by atoms with Gasteiger partial charge in [-0.2, -0.15) is 0 Å². The fourth-order valence-corrected chi connectivity index (χ4v) is 6.00. The van der Waals surface area contributed by atoms with Crippen LogP contribution in [0.4, 0.5) is 10.3 Å². The van der Waals surface area contributed by atoms with E-state index in [1.54, 1.807) is 41.1 Å². The molecule has 0 radical (unpaired) electrons. The predicted octanol–water partition coefficient (Wildman–Crippen LogP) is 3.13. The largest absolute Gasteiger partial charge is 0.846 e. The Balaban J connectivity index is 1.21. The van der Waals surface area contributed by atoms with Gasteiger partial charge in [0.1, 0.15) is 17.3 Å². The zero-order chi connectivity index (χ0) is 34.2. The summed E-state index contributed by atoms with van der Waals surface area (Å²) in [6.07, 6.45) is 6.85. The van der Waals surface area contributed by atoms with E-state index in [9.17, 15) is 14.6 Å². The molecule has 0 spiro atoms. The smallest absolute Gasteiger partial charge is 0.204 e. The molecule has 3 aromatic heterocycles. The minimum atomic E-state index is -0.326. The molecule has 0 atom stereocenters. The number of morpholine rings is 1. The second-order valence-electron chi connectivity index (χ2n) is 12.1. The standard InChI is InChI=1S/C37H43FN8O3/c1-3-30-33(45(37(48)43-30)18-14-27-6-9-29(38)10-7-27)13-16-39-24-28-8-11-31-34(23-28)46(25-32-35(47)12-5-26(2)41-32)36(42-31)40-15-4-17-44-19-21-49-22-20-44/h3,5-13,16,23,47H,4,14-15,17-22,24-25H2,1-2H3,(H,40,42)(H,43,48)/p-1/b30-3+,33-13+,39-16?. The lowest BCUT2D eigenvalue weighted by Gasteiger charge is -2.26. The SMILES string of the molecule is C/C=c1/nc([O-])n(CCc2ccc(F)cc2)/c1=C/C=NCc1ccc2nc(NCCCN3CCOCC3)n(Cc3nc(C)ccc3O)c2c1. The van der Waals surface area contributed by atoms with E-state index < -0.39 is 0 Å². The molecule has 1 fully saturated rings. The molecule has 2 aromatic carbocycles. The van der Waals surface area contributed by atoms with E-state index in [0.29, 0.717) is 42.4 Å². The normalized spacial score (nSPS) is 14.8. The first-order valence-corrected chi connectivity index (χ1v) is 16.7. The molecule has 12 heteroatoms. The van der Waals surface area contributed by atoms with Crippen LogP contribution in [0.1, 0.15) is 35.9 Å². The Labute approximate surface area is 284 Å². The number of benzene rings is 2. The number of hydrogen-bond donors (Lipinski definition) is 2. The molecule has 0 bridgehead atoms. The van der Waals surface area contributed by atoms with E-state index in [-0.39, 0.29) is 17.6 Å². The topological polar surface area (TPSA) is 129 Å². The van der Waals surface area contributed by atoms with E-state index >= 15 is 0 Å². The summed E-state index contributed by atoms with van der Waals surface area (Å²) in [7, 11) is 0. The Morgan fingerprint density at radius 3 is 2.59 bits per heavy atom. The number of imidazole rings is 2. The molecule has 0 amide bonds. The fraction of sp³-hybridized carbons (Fsp3) is 0.351. The van der Waals surface area contributed by atoms with Crippen LogP contribution in [0.2, 0.25) is 0 Å². The van der Waals surface area contributed by atoms with Crippen LogP contribution in [0, 0.1) is 12.7 Å². The number of rotatable bonds is 13. The molecule has 5 aromatic rings. The van der Waals surface area contributed by atoms with Gasteiger partial charge in [0.2, 0.25) is 5.95 Å². The molecule has 0 unspecified atom stereocenters. The molecule has 4 heterocycles. The van der Waals surface area contributed by atoms with Gasteiger partial charge in [-0.25, -0.2) is 14.4 Å². The van der Waals surface area contributed by atoms with Crippen LogP contribution < -0.4 is 21.1 Å². The van der Waals surface area contributed by atoms with Crippen molar-refractivity contribution in [1.29, 1.82) is 0 Å². The number of aliphatic imine (C=N–C) groups is 1. The molecular formula is C37H42FN8O3-. The monoisotopic (exact) mass is 665 g/mol. The Morgan fingerprint density at radius 1 is 1.00 bits per heavy atom. The number of anilines is 1. The van der Waals surface area contributed by atoms with Crippen molar-refractivity contribution in [2.45, 2.75) is 46.3 Å². The maximum atomic E-state index is 13.3. The van der Waals surface area contributed by atoms with Crippen molar-refractivity contribution in [2.75, 3.05) is 44.7 Å². The van der Waals surface area contributed by atoms with E-state index in [1.165, 1.54) is 12.1 Å². The highest BCUT2D eigenvalue weighted by molar-refractivity contribution is 5.90. The van der Waals surface area contributed by atoms with E-state index in [4.69, 9.17) is 9.72 Å². The fourth-order valence-electron chi connectivity index (χ4n) is 6.00. The number of aryl methyl sites for hydroxylation is 2. The number of nitrogens with zero attached hydrogens (tertiary/aromatic N) is 7. The van der Waals surface area contributed by atoms with Crippen molar-refractivity contribution >= 4 is 35.3 Å². The molecule has 1 saturated heterocycles. The maximum absolute atomic E-state index is 13.3. The average molecular weight is 666 g/mol. The minimum Gasteiger partial charge on any atom is -0.846 e. The summed E-state index contributed by atoms with van der Waals surface area (Å²) < 4.78 is 22.5. The zero-order valence-corrected chi connectivity index (χ0v) is 28.0. The van der Waals surface area contributed by atoms with Crippen molar-refractivity contribution in [3.05, 3.63) is 93.6 Å². The summed E-state index contributed by atoms with van der Waals surface area (Å²) in [5, 5.41) is 28.1. The Hall–Kier alpha value is -5.07. The molecule has 11 nitrogen and oxygen atoms in total. The number of aromatic nitrogens is 5. The zero-order valence-electron chi connectivity index (χ0n) is 28.0. The quantitative estimate of drug-likeness (QED) is 0.145. The summed E-state index contributed by atoms with van der Waals surface area (Å²) >= 11 is 0. The summed E-state index contributed by atoms with van der Waals surface area (Å²) in [6.45, 7) is 10.1. The van der Waals surface area contributed by atoms with Crippen molar-refractivity contribution in [2.24, 2.45) is 4.99 Å². The van der Waals surface area contributed by atoms with Crippen molar-refractivity contribution < 1.29 is 19.3 Å². The van der Waals surface area contributed by atoms with Gasteiger partial charge in [0.15, 0.2) is 0 Å². The van der Waals surface area contributed by atoms with Crippen LogP contribution in [-0.2, 0) is 30.8 Å². The number of fused-ring (bicyclic) bond motifs is 1. The van der Waals surface area contributed by atoms with Gasteiger partial charge in [0.25, 0.3) is 0 Å². The Kier molecular flexibility index (Phi) is 11.0. The van der Waals surface area contributed by atoms with Crippen molar-refractivity contribution in [1.82, 2.24) is 29.0 Å². The van der Waals surface area contributed by atoms with Crippen LogP contribution in [0.15, 0.2) is 59.6 Å². The molecule has 256 valence electrons. The Bertz CT molecular complexity index is 2030. The number of halogens is 1. The van der Waals surface area contributed by atoms with E-state index in [0.717, 1.165) is 79.6 Å². The van der Waals surface area contributed by atoms with Gasteiger partial charge in [-0.15, -0.1) is 0 Å². The van der Waals surface area contributed by atoms with Gasteiger partial charge in [-0.1, -0.05) is 24.3 Å². The number of hydrogen-bond acceptors (Lipinski definition) is 9. The molecular weight excluding hydrogens is 623 g/mol. The minimum absolute atomic E-state index is 0.142. The molecule has 2 N–H and O–H groups in total. The van der Waals surface area contributed by atoms with Crippen molar-refractivity contribution in [3.63, 3.8) is 0 Å². The highest BCUT2D eigenvalue weighted by Crippen LogP contribution is 2.25. The third kappa shape index (κ3) is 8.51. The molecule has 0 saturated carbocycles. The van der Waals surface area contributed by atoms with E-state index in [1.807, 2.05) is 32.1 Å². The third-order valence-corrected chi connectivity index (χ3v) is 8.67.